The van der Waals surface area contributed by atoms with Crippen molar-refractivity contribution in [3.05, 3.63) is 95.8 Å². The molecule has 1 heterocycles. The fraction of sp³-hybridized carbons (Fsp3) is 0.200. The number of halogens is 1. The number of hydrogen-bond acceptors (Lipinski definition) is 6. The molecule has 1 atom stereocenters. The highest BCUT2D eigenvalue weighted by atomic mass is 32.2. The zero-order chi connectivity index (χ0) is 24.8. The van der Waals surface area contributed by atoms with Crippen LogP contribution in [-0.2, 0) is 24.3 Å². The summed E-state index contributed by atoms with van der Waals surface area (Å²) in [5.74, 6) is -2.50. The van der Waals surface area contributed by atoms with Gasteiger partial charge in [0, 0.05) is 24.3 Å². The number of ether oxygens (including phenoxy) is 2. The summed E-state index contributed by atoms with van der Waals surface area (Å²) in [5, 5.41) is 2.61. The van der Waals surface area contributed by atoms with Crippen LogP contribution in [0.4, 0.5) is 10.1 Å². The molecule has 0 bridgehead atoms. The number of benzene rings is 3. The lowest BCUT2D eigenvalue weighted by atomic mass is 10.1. The van der Waals surface area contributed by atoms with Crippen LogP contribution in [-0.4, -0.2) is 50.9 Å². The maximum atomic E-state index is 14.1. The third-order valence-electron chi connectivity index (χ3n) is 5.37. The van der Waals surface area contributed by atoms with Crippen molar-refractivity contribution in [2.45, 2.75) is 11.0 Å². The Kier molecular flexibility index (Phi) is 7.54. The molecule has 0 aromatic heterocycles. The van der Waals surface area contributed by atoms with E-state index in [9.17, 15) is 22.4 Å². The second-order valence-corrected chi connectivity index (χ2v) is 9.65. The molecule has 1 aliphatic rings. The van der Waals surface area contributed by atoms with E-state index < -0.39 is 33.8 Å². The van der Waals surface area contributed by atoms with E-state index >= 15 is 0 Å². The molecule has 1 unspecified atom stereocenters. The van der Waals surface area contributed by atoms with E-state index in [1.165, 1.54) is 46.8 Å². The number of hydrogen-bond donors (Lipinski definition) is 1. The minimum atomic E-state index is -3.78. The molecule has 10 heteroatoms. The van der Waals surface area contributed by atoms with Crippen LogP contribution in [0.2, 0.25) is 0 Å². The van der Waals surface area contributed by atoms with E-state index in [0.717, 1.165) is 6.07 Å². The number of sulfonamides is 1. The van der Waals surface area contributed by atoms with Crippen LogP contribution in [0.1, 0.15) is 22.0 Å². The van der Waals surface area contributed by atoms with Gasteiger partial charge in [-0.25, -0.2) is 17.6 Å². The highest BCUT2D eigenvalue weighted by Gasteiger charge is 2.29. The van der Waals surface area contributed by atoms with Gasteiger partial charge in [-0.2, -0.15) is 4.31 Å². The first-order chi connectivity index (χ1) is 16.9. The summed E-state index contributed by atoms with van der Waals surface area (Å²) in [6.45, 7) is 1.09. The Balaban J connectivity index is 1.57. The van der Waals surface area contributed by atoms with Gasteiger partial charge < -0.3 is 14.8 Å². The predicted octanol–water partition coefficient (Wildman–Crippen LogP) is 3.38. The average molecular weight is 499 g/mol. The van der Waals surface area contributed by atoms with E-state index in [4.69, 9.17) is 9.47 Å². The molecular weight excluding hydrogens is 475 g/mol. The van der Waals surface area contributed by atoms with E-state index in [1.807, 2.05) is 0 Å². The van der Waals surface area contributed by atoms with Crippen molar-refractivity contribution in [1.82, 2.24) is 4.31 Å². The number of esters is 1. The normalized spacial score (nSPS) is 15.2. The lowest BCUT2D eigenvalue weighted by Gasteiger charge is -2.26. The Morgan fingerprint density at radius 1 is 0.943 bits per heavy atom. The zero-order valence-electron chi connectivity index (χ0n) is 18.6. The second-order valence-electron chi connectivity index (χ2n) is 7.71. The van der Waals surface area contributed by atoms with E-state index in [1.54, 1.807) is 30.3 Å². The molecule has 8 nitrogen and oxygen atoms in total. The van der Waals surface area contributed by atoms with E-state index in [-0.39, 0.29) is 29.2 Å². The predicted molar refractivity (Wildman–Crippen MR) is 126 cm³/mol. The summed E-state index contributed by atoms with van der Waals surface area (Å²) in [6.07, 6.45) is -1.40. The van der Waals surface area contributed by atoms with Crippen LogP contribution in [0.15, 0.2) is 83.8 Å². The Hall–Kier alpha value is -3.60. The maximum absolute atomic E-state index is 14.1. The molecular formula is C25H23FN2O6S. The standard InChI is InChI=1S/C25H23FN2O6S/c26-22-12-5-4-11-21(22)25(30)34-23(18-7-2-1-3-8-18)24(29)27-19-9-6-10-20(17-19)35(31,32)28-13-15-33-16-14-28/h1-12,17,23H,13-16H2,(H,27,29). The molecule has 3 aromatic carbocycles. The summed E-state index contributed by atoms with van der Waals surface area (Å²) in [5.41, 5.74) is 0.263. The van der Waals surface area contributed by atoms with Gasteiger partial charge in [0.15, 0.2) is 0 Å². The smallest absolute Gasteiger partial charge is 0.342 e. The van der Waals surface area contributed by atoms with Gasteiger partial charge in [-0.3, -0.25) is 4.79 Å². The zero-order valence-corrected chi connectivity index (χ0v) is 19.4. The SMILES string of the molecule is O=C(OC(C(=O)Nc1cccc(S(=O)(=O)N2CCOCC2)c1)c1ccccc1)c1ccccc1F. The lowest BCUT2D eigenvalue weighted by Crippen LogP contribution is -2.40. The molecule has 182 valence electrons. The van der Waals surface area contributed by atoms with Crippen molar-refractivity contribution in [2.24, 2.45) is 0 Å². The molecule has 0 radical (unpaired) electrons. The molecule has 1 fully saturated rings. The molecule has 0 spiro atoms. The third kappa shape index (κ3) is 5.73. The number of rotatable bonds is 7. The van der Waals surface area contributed by atoms with Gasteiger partial charge in [-0.15, -0.1) is 0 Å². The number of anilines is 1. The fourth-order valence-corrected chi connectivity index (χ4v) is 5.03. The fourth-order valence-electron chi connectivity index (χ4n) is 3.58. The largest absolute Gasteiger partial charge is 0.444 e. The van der Waals surface area contributed by atoms with Gasteiger partial charge in [0.05, 0.1) is 23.7 Å². The summed E-state index contributed by atoms with van der Waals surface area (Å²) in [4.78, 5) is 25.8. The summed E-state index contributed by atoms with van der Waals surface area (Å²) in [6, 6.07) is 19.4. The Bertz CT molecular complexity index is 1310. The van der Waals surface area contributed by atoms with Crippen molar-refractivity contribution in [2.75, 3.05) is 31.6 Å². The average Bonchev–Trinajstić information content (AvgIpc) is 2.88. The van der Waals surface area contributed by atoms with Crippen LogP contribution in [0, 0.1) is 5.82 Å². The molecule has 4 rings (SSSR count). The first kappa shape index (κ1) is 24.5. The second kappa shape index (κ2) is 10.8. The minimum absolute atomic E-state index is 0.0109. The Morgan fingerprint density at radius 2 is 1.63 bits per heavy atom. The number of nitrogens with one attached hydrogen (secondary N) is 1. The van der Waals surface area contributed by atoms with Crippen molar-refractivity contribution >= 4 is 27.6 Å². The van der Waals surface area contributed by atoms with Crippen LogP contribution in [0.5, 0.6) is 0 Å². The summed E-state index contributed by atoms with van der Waals surface area (Å²) < 4.78 is 52.0. The van der Waals surface area contributed by atoms with Crippen molar-refractivity contribution in [3.63, 3.8) is 0 Å². The highest BCUT2D eigenvalue weighted by Crippen LogP contribution is 2.25. The number of amides is 1. The molecule has 1 aliphatic heterocycles. The summed E-state index contributed by atoms with van der Waals surface area (Å²) >= 11 is 0. The monoisotopic (exact) mass is 498 g/mol. The van der Waals surface area contributed by atoms with Crippen LogP contribution >= 0.6 is 0 Å². The number of nitrogens with zero attached hydrogens (tertiary/aromatic N) is 1. The van der Waals surface area contributed by atoms with Gasteiger partial charge in [0.2, 0.25) is 16.1 Å². The van der Waals surface area contributed by atoms with E-state index in [2.05, 4.69) is 5.32 Å². The molecule has 0 saturated carbocycles. The van der Waals surface area contributed by atoms with Crippen LogP contribution in [0.3, 0.4) is 0 Å². The van der Waals surface area contributed by atoms with Crippen LogP contribution in [0.25, 0.3) is 0 Å². The number of carbonyl (C=O) groups excluding carboxylic acids is 2. The van der Waals surface area contributed by atoms with E-state index in [0.29, 0.717) is 18.8 Å². The maximum Gasteiger partial charge on any atom is 0.342 e. The van der Waals surface area contributed by atoms with Crippen molar-refractivity contribution < 1.29 is 31.9 Å². The first-order valence-corrected chi connectivity index (χ1v) is 12.3. The molecule has 1 saturated heterocycles. The first-order valence-electron chi connectivity index (χ1n) is 10.9. The Morgan fingerprint density at radius 3 is 2.34 bits per heavy atom. The van der Waals surface area contributed by atoms with Crippen LogP contribution < -0.4 is 5.32 Å². The Labute approximate surface area is 202 Å². The molecule has 35 heavy (non-hydrogen) atoms. The quantitative estimate of drug-likeness (QED) is 0.501. The van der Waals surface area contributed by atoms with Crippen molar-refractivity contribution in [3.8, 4) is 0 Å². The summed E-state index contributed by atoms with van der Waals surface area (Å²) in [7, 11) is -3.78. The minimum Gasteiger partial charge on any atom is -0.444 e. The molecule has 0 aliphatic carbocycles. The van der Waals surface area contributed by atoms with Gasteiger partial charge in [-0.05, 0) is 30.3 Å². The highest BCUT2D eigenvalue weighted by molar-refractivity contribution is 7.89. The lowest BCUT2D eigenvalue weighted by molar-refractivity contribution is -0.125. The molecule has 3 aromatic rings. The number of morpholine rings is 1. The molecule has 1 N–H and O–H groups in total. The van der Waals surface area contributed by atoms with Crippen molar-refractivity contribution in [1.29, 1.82) is 0 Å². The van der Waals surface area contributed by atoms with Gasteiger partial charge in [0.1, 0.15) is 5.82 Å². The number of carbonyl (C=O) groups is 2. The van der Waals surface area contributed by atoms with Gasteiger partial charge in [-0.1, -0.05) is 48.5 Å². The van der Waals surface area contributed by atoms with Gasteiger partial charge in [0.25, 0.3) is 5.91 Å². The topological polar surface area (TPSA) is 102 Å². The molecule has 1 amide bonds. The third-order valence-corrected chi connectivity index (χ3v) is 7.26. The van der Waals surface area contributed by atoms with Gasteiger partial charge >= 0.3 is 5.97 Å².